The Balaban J connectivity index is 1.36. The van der Waals surface area contributed by atoms with E-state index in [0.717, 1.165) is 22.9 Å². The number of aromatic nitrogens is 2. The third-order valence-electron chi connectivity index (χ3n) is 5.30. The van der Waals surface area contributed by atoms with Crippen LogP contribution in [0.1, 0.15) is 16.7 Å². The molecule has 6 nitrogen and oxygen atoms in total. The van der Waals surface area contributed by atoms with E-state index in [1.807, 2.05) is 43.5 Å². The number of amides is 1. The summed E-state index contributed by atoms with van der Waals surface area (Å²) in [5, 5.41) is 3.65. The third-order valence-corrected chi connectivity index (χ3v) is 5.30. The average molecular weight is 432 g/mol. The van der Waals surface area contributed by atoms with Gasteiger partial charge in [-0.05, 0) is 54.7 Å². The molecule has 0 aliphatic carbocycles. The second-order valence-corrected chi connectivity index (χ2v) is 7.71. The number of aryl methyl sites for hydroxylation is 1. The van der Waals surface area contributed by atoms with Gasteiger partial charge in [-0.15, -0.1) is 0 Å². The minimum atomic E-state index is -0.765. The number of nitrogens with one attached hydrogen (secondary N) is 2. The fourth-order valence-electron chi connectivity index (χ4n) is 3.59. The van der Waals surface area contributed by atoms with Crippen molar-refractivity contribution >= 4 is 16.9 Å². The standard InChI is InChI=1S/C25H25FN4O2/c1-16-15-30-24-23(16)22(10-12-28-24)32-21-8-7-18(13-19(21)26)14-20(27)25(31)29-11-9-17-5-3-2-4-6-17/h2-8,10,12-13,15,20H,9,11,14,27H2,1H3,(H,28,30)(H,29,31). The molecule has 4 N–H and O–H groups in total. The SMILES string of the molecule is Cc1c[nH]c2nccc(Oc3ccc(CC(N)C(=O)NCCc4ccccc4)cc3F)c12. The number of halogens is 1. The van der Waals surface area contributed by atoms with E-state index in [9.17, 15) is 9.18 Å². The van der Waals surface area contributed by atoms with Gasteiger partial charge in [-0.2, -0.15) is 0 Å². The van der Waals surface area contributed by atoms with Gasteiger partial charge in [0.25, 0.3) is 0 Å². The Morgan fingerprint density at radius 3 is 2.75 bits per heavy atom. The van der Waals surface area contributed by atoms with Crippen molar-refractivity contribution < 1.29 is 13.9 Å². The molecule has 1 amide bonds. The maximum Gasteiger partial charge on any atom is 0.237 e. The number of nitrogens with zero attached hydrogens (tertiary/aromatic N) is 1. The summed E-state index contributed by atoms with van der Waals surface area (Å²) in [6.45, 7) is 2.43. The summed E-state index contributed by atoms with van der Waals surface area (Å²) in [6.07, 6.45) is 4.39. The molecule has 1 unspecified atom stereocenters. The van der Waals surface area contributed by atoms with Crippen LogP contribution >= 0.6 is 0 Å². The first-order valence-corrected chi connectivity index (χ1v) is 10.5. The number of H-pyrrole nitrogens is 1. The molecule has 0 aliphatic heterocycles. The van der Waals surface area contributed by atoms with Crippen molar-refractivity contribution in [1.82, 2.24) is 15.3 Å². The zero-order valence-electron chi connectivity index (χ0n) is 17.8. The molecule has 0 radical (unpaired) electrons. The van der Waals surface area contributed by atoms with Crippen molar-refractivity contribution in [3.05, 3.63) is 89.5 Å². The average Bonchev–Trinajstić information content (AvgIpc) is 3.18. The van der Waals surface area contributed by atoms with Crippen LogP contribution in [0.5, 0.6) is 11.5 Å². The van der Waals surface area contributed by atoms with Gasteiger partial charge in [0.2, 0.25) is 5.91 Å². The molecule has 4 aromatic rings. The summed E-state index contributed by atoms with van der Waals surface area (Å²) in [5.41, 5.74) is 9.44. The molecule has 2 aromatic carbocycles. The lowest BCUT2D eigenvalue weighted by Gasteiger charge is -2.14. The maximum atomic E-state index is 14.7. The lowest BCUT2D eigenvalue weighted by Crippen LogP contribution is -2.42. The predicted octanol–water partition coefficient (Wildman–Crippen LogP) is 4.03. The molecule has 32 heavy (non-hydrogen) atoms. The predicted molar refractivity (Wildman–Crippen MR) is 122 cm³/mol. The van der Waals surface area contributed by atoms with Crippen LogP contribution in [-0.4, -0.2) is 28.5 Å². The summed E-state index contributed by atoms with van der Waals surface area (Å²) in [5.74, 6) is -0.154. The van der Waals surface area contributed by atoms with Gasteiger partial charge in [0.1, 0.15) is 11.4 Å². The molecule has 0 spiro atoms. The van der Waals surface area contributed by atoms with Gasteiger partial charge in [0.05, 0.1) is 11.4 Å². The first-order valence-electron chi connectivity index (χ1n) is 10.5. The molecule has 0 saturated heterocycles. The zero-order chi connectivity index (χ0) is 22.5. The highest BCUT2D eigenvalue weighted by Crippen LogP contribution is 2.32. The fraction of sp³-hybridized carbons (Fsp3) is 0.200. The lowest BCUT2D eigenvalue weighted by molar-refractivity contribution is -0.122. The minimum absolute atomic E-state index is 0.0998. The van der Waals surface area contributed by atoms with Crippen molar-refractivity contribution in [3.8, 4) is 11.5 Å². The number of ether oxygens (including phenoxy) is 1. The smallest absolute Gasteiger partial charge is 0.237 e. The molecule has 0 fully saturated rings. The number of carbonyl (C=O) groups is 1. The van der Waals surface area contributed by atoms with Crippen LogP contribution in [0, 0.1) is 12.7 Å². The summed E-state index contributed by atoms with van der Waals surface area (Å²) >= 11 is 0. The molecular weight excluding hydrogens is 407 g/mol. The zero-order valence-corrected chi connectivity index (χ0v) is 17.8. The lowest BCUT2D eigenvalue weighted by atomic mass is 10.1. The van der Waals surface area contributed by atoms with E-state index in [4.69, 9.17) is 10.5 Å². The van der Waals surface area contributed by atoms with E-state index in [1.54, 1.807) is 24.4 Å². The molecule has 0 saturated carbocycles. The Morgan fingerprint density at radius 1 is 1.16 bits per heavy atom. The van der Waals surface area contributed by atoms with Crippen LogP contribution < -0.4 is 15.8 Å². The largest absolute Gasteiger partial charge is 0.453 e. The first kappa shape index (κ1) is 21.5. The molecular formula is C25H25FN4O2. The molecule has 2 heterocycles. The van der Waals surface area contributed by atoms with Crippen LogP contribution in [0.2, 0.25) is 0 Å². The molecule has 4 rings (SSSR count). The summed E-state index contributed by atoms with van der Waals surface area (Å²) in [4.78, 5) is 19.6. The van der Waals surface area contributed by atoms with Crippen LogP contribution in [0.25, 0.3) is 11.0 Å². The Labute approximate surface area is 185 Å². The third kappa shape index (κ3) is 4.95. The number of rotatable bonds is 8. The second kappa shape index (κ2) is 9.62. The van der Waals surface area contributed by atoms with Crippen LogP contribution in [0.3, 0.4) is 0 Å². The highest BCUT2D eigenvalue weighted by molar-refractivity contribution is 5.86. The van der Waals surface area contributed by atoms with Gasteiger partial charge in [-0.3, -0.25) is 4.79 Å². The van der Waals surface area contributed by atoms with Crippen molar-refractivity contribution in [2.75, 3.05) is 6.54 Å². The number of hydrogen-bond acceptors (Lipinski definition) is 4. The molecule has 0 aliphatic rings. The number of pyridine rings is 1. The van der Waals surface area contributed by atoms with Crippen molar-refractivity contribution in [2.45, 2.75) is 25.8 Å². The van der Waals surface area contributed by atoms with Gasteiger partial charge in [0.15, 0.2) is 11.6 Å². The Kier molecular flexibility index (Phi) is 6.47. The van der Waals surface area contributed by atoms with E-state index in [-0.39, 0.29) is 18.1 Å². The van der Waals surface area contributed by atoms with Crippen LogP contribution in [-0.2, 0) is 17.6 Å². The van der Waals surface area contributed by atoms with E-state index in [0.29, 0.717) is 23.5 Å². The minimum Gasteiger partial charge on any atom is -0.453 e. The topological polar surface area (TPSA) is 93.0 Å². The Hall–Kier alpha value is -3.71. The number of hydrogen-bond donors (Lipinski definition) is 3. The van der Waals surface area contributed by atoms with Gasteiger partial charge in [0, 0.05) is 18.9 Å². The summed E-state index contributed by atoms with van der Waals surface area (Å²) in [7, 11) is 0. The second-order valence-electron chi connectivity index (χ2n) is 7.71. The molecule has 7 heteroatoms. The highest BCUT2D eigenvalue weighted by Gasteiger charge is 2.16. The highest BCUT2D eigenvalue weighted by atomic mass is 19.1. The van der Waals surface area contributed by atoms with Gasteiger partial charge in [-0.1, -0.05) is 36.4 Å². The van der Waals surface area contributed by atoms with Crippen LogP contribution in [0.15, 0.2) is 67.0 Å². The van der Waals surface area contributed by atoms with E-state index < -0.39 is 11.9 Å². The molecule has 164 valence electrons. The van der Waals surface area contributed by atoms with E-state index in [2.05, 4.69) is 15.3 Å². The van der Waals surface area contributed by atoms with E-state index >= 15 is 0 Å². The number of aromatic amines is 1. The number of fused-ring (bicyclic) bond motifs is 1. The molecule has 1 atom stereocenters. The summed E-state index contributed by atoms with van der Waals surface area (Å²) in [6, 6.07) is 15.5. The van der Waals surface area contributed by atoms with Gasteiger partial charge < -0.3 is 20.8 Å². The van der Waals surface area contributed by atoms with Crippen LogP contribution in [0.4, 0.5) is 4.39 Å². The normalized spacial score (nSPS) is 12.0. The Bertz CT molecular complexity index is 1220. The molecule has 2 aromatic heterocycles. The number of nitrogens with two attached hydrogens (primary N) is 1. The summed E-state index contributed by atoms with van der Waals surface area (Å²) < 4.78 is 20.5. The quantitative estimate of drug-likeness (QED) is 0.392. The van der Waals surface area contributed by atoms with Gasteiger partial charge >= 0.3 is 0 Å². The van der Waals surface area contributed by atoms with E-state index in [1.165, 1.54) is 6.07 Å². The molecule has 0 bridgehead atoms. The maximum absolute atomic E-state index is 14.7. The number of benzene rings is 2. The first-order chi connectivity index (χ1) is 15.5. The van der Waals surface area contributed by atoms with Gasteiger partial charge in [-0.25, -0.2) is 9.37 Å². The van der Waals surface area contributed by atoms with Crippen molar-refractivity contribution in [1.29, 1.82) is 0 Å². The fourth-order valence-corrected chi connectivity index (χ4v) is 3.59. The van der Waals surface area contributed by atoms with Crippen molar-refractivity contribution in [3.63, 3.8) is 0 Å². The number of carbonyl (C=O) groups excluding carboxylic acids is 1. The van der Waals surface area contributed by atoms with Crippen molar-refractivity contribution in [2.24, 2.45) is 5.73 Å². The Morgan fingerprint density at radius 2 is 1.97 bits per heavy atom. The monoisotopic (exact) mass is 432 g/mol.